The van der Waals surface area contributed by atoms with Gasteiger partial charge in [-0.2, -0.15) is 0 Å². The topological polar surface area (TPSA) is 59.2 Å². The molecule has 1 aliphatic heterocycles. The van der Waals surface area contributed by atoms with Crippen LogP contribution in [0.4, 0.5) is 0 Å². The van der Waals surface area contributed by atoms with Gasteiger partial charge in [-0.1, -0.05) is 18.2 Å². The van der Waals surface area contributed by atoms with Crippen molar-refractivity contribution in [1.29, 1.82) is 0 Å². The van der Waals surface area contributed by atoms with E-state index in [2.05, 4.69) is 4.98 Å². The van der Waals surface area contributed by atoms with Crippen molar-refractivity contribution < 1.29 is 4.79 Å². The molecule has 0 spiro atoms. The monoisotopic (exact) mass is 241 g/mol. The summed E-state index contributed by atoms with van der Waals surface area (Å²) in [5.41, 5.74) is 7.10. The molecule has 2 heterocycles. The first-order valence-corrected chi connectivity index (χ1v) is 5.99. The van der Waals surface area contributed by atoms with E-state index in [0.29, 0.717) is 18.7 Å². The lowest BCUT2D eigenvalue weighted by atomic mass is 9.92. The molecule has 0 atom stereocenters. The number of likely N-dealkylation sites (tertiary alicyclic amines) is 1. The van der Waals surface area contributed by atoms with Gasteiger partial charge in [0.2, 0.25) is 0 Å². The zero-order valence-electron chi connectivity index (χ0n) is 10.3. The molecule has 0 unspecified atom stereocenters. The van der Waals surface area contributed by atoms with Crippen LogP contribution in [0.5, 0.6) is 0 Å². The van der Waals surface area contributed by atoms with Gasteiger partial charge in [-0.05, 0) is 19.1 Å². The Morgan fingerprint density at radius 3 is 2.78 bits per heavy atom. The van der Waals surface area contributed by atoms with E-state index >= 15 is 0 Å². The van der Waals surface area contributed by atoms with Gasteiger partial charge in [0.1, 0.15) is 0 Å². The van der Waals surface area contributed by atoms with Gasteiger partial charge >= 0.3 is 0 Å². The van der Waals surface area contributed by atoms with Gasteiger partial charge in [-0.15, -0.1) is 0 Å². The van der Waals surface area contributed by atoms with Crippen LogP contribution in [-0.4, -0.2) is 34.4 Å². The Kier molecular flexibility index (Phi) is 2.35. The predicted octanol–water partition coefficient (Wildman–Crippen LogP) is 1.41. The number of nitrogens with zero attached hydrogens (tertiary/aromatic N) is 2. The number of hydrogen-bond donors (Lipinski definition) is 1. The predicted molar refractivity (Wildman–Crippen MR) is 70.2 cm³/mol. The summed E-state index contributed by atoms with van der Waals surface area (Å²) in [5, 5.41) is 0.986. The highest BCUT2D eigenvalue weighted by molar-refractivity contribution is 6.05. The number of rotatable bonds is 1. The largest absolute Gasteiger partial charge is 0.335 e. The van der Waals surface area contributed by atoms with E-state index in [1.54, 1.807) is 11.1 Å². The molecule has 2 aromatic rings. The Labute approximate surface area is 105 Å². The average molecular weight is 241 g/mol. The van der Waals surface area contributed by atoms with E-state index < -0.39 is 0 Å². The van der Waals surface area contributed by atoms with Crippen LogP contribution in [0.15, 0.2) is 36.5 Å². The summed E-state index contributed by atoms with van der Waals surface area (Å²) in [6.07, 6.45) is 1.71. The molecule has 1 amide bonds. The first-order chi connectivity index (χ1) is 8.57. The van der Waals surface area contributed by atoms with Crippen molar-refractivity contribution >= 4 is 16.8 Å². The van der Waals surface area contributed by atoms with Crippen LogP contribution in [0.25, 0.3) is 10.9 Å². The molecule has 2 N–H and O–H groups in total. The van der Waals surface area contributed by atoms with Crippen molar-refractivity contribution in [3.05, 3.63) is 42.1 Å². The first kappa shape index (κ1) is 11.2. The van der Waals surface area contributed by atoms with E-state index in [-0.39, 0.29) is 11.4 Å². The van der Waals surface area contributed by atoms with Crippen LogP contribution in [0, 0.1) is 0 Å². The molecule has 0 aliphatic carbocycles. The third-order valence-electron chi connectivity index (χ3n) is 3.25. The number of benzene rings is 1. The molecule has 92 valence electrons. The number of aromatic nitrogens is 1. The summed E-state index contributed by atoms with van der Waals surface area (Å²) in [5.74, 6) is 0.0159. The van der Waals surface area contributed by atoms with Crippen LogP contribution in [0.1, 0.15) is 17.3 Å². The number of nitrogens with two attached hydrogens (primary N) is 1. The molecule has 18 heavy (non-hydrogen) atoms. The minimum absolute atomic E-state index is 0.0159. The zero-order chi connectivity index (χ0) is 12.8. The van der Waals surface area contributed by atoms with Crippen molar-refractivity contribution in [2.45, 2.75) is 12.5 Å². The lowest BCUT2D eigenvalue weighted by Crippen LogP contribution is -2.66. The van der Waals surface area contributed by atoms with E-state index in [1.165, 1.54) is 0 Å². The van der Waals surface area contributed by atoms with Gasteiger partial charge in [0.15, 0.2) is 0 Å². The smallest absolute Gasteiger partial charge is 0.256 e. The first-order valence-electron chi connectivity index (χ1n) is 5.99. The van der Waals surface area contributed by atoms with E-state index in [0.717, 1.165) is 10.9 Å². The molecule has 4 nitrogen and oxygen atoms in total. The lowest BCUT2D eigenvalue weighted by molar-refractivity contribution is 0.0455. The molecule has 0 saturated carbocycles. The van der Waals surface area contributed by atoms with Crippen molar-refractivity contribution in [1.82, 2.24) is 9.88 Å². The summed E-state index contributed by atoms with van der Waals surface area (Å²) in [6, 6.07) is 9.50. The minimum Gasteiger partial charge on any atom is -0.335 e. The van der Waals surface area contributed by atoms with Crippen molar-refractivity contribution in [2.24, 2.45) is 5.73 Å². The van der Waals surface area contributed by atoms with E-state index in [4.69, 9.17) is 5.73 Å². The van der Waals surface area contributed by atoms with Gasteiger partial charge in [-0.25, -0.2) is 0 Å². The molecule has 1 aliphatic rings. The SMILES string of the molecule is CC1(N)CN(C(=O)c2cccc3cccnc23)C1. The number of hydrogen-bond acceptors (Lipinski definition) is 3. The molecule has 0 bridgehead atoms. The Bertz CT molecular complexity index is 608. The maximum atomic E-state index is 12.4. The third-order valence-corrected chi connectivity index (χ3v) is 3.25. The number of fused-ring (bicyclic) bond motifs is 1. The maximum Gasteiger partial charge on any atom is 0.256 e. The van der Waals surface area contributed by atoms with Crippen LogP contribution < -0.4 is 5.73 Å². The van der Waals surface area contributed by atoms with E-state index in [9.17, 15) is 4.79 Å². The summed E-state index contributed by atoms with van der Waals surface area (Å²) in [6.45, 7) is 3.17. The molecule has 4 heteroatoms. The number of para-hydroxylation sites is 1. The second kappa shape index (κ2) is 3.78. The lowest BCUT2D eigenvalue weighted by Gasteiger charge is -2.45. The molecule has 3 rings (SSSR count). The van der Waals surface area contributed by atoms with Gasteiger partial charge in [0.05, 0.1) is 11.1 Å². The normalized spacial score (nSPS) is 17.6. The molecule has 1 aromatic heterocycles. The number of carbonyl (C=O) groups excluding carboxylic acids is 1. The van der Waals surface area contributed by atoms with Gasteiger partial charge in [-0.3, -0.25) is 9.78 Å². The molecule has 1 saturated heterocycles. The Balaban J connectivity index is 1.98. The van der Waals surface area contributed by atoms with E-state index in [1.807, 2.05) is 37.3 Å². The molecule has 0 radical (unpaired) electrons. The number of carbonyl (C=O) groups is 1. The summed E-state index contributed by atoms with van der Waals surface area (Å²) in [7, 11) is 0. The third kappa shape index (κ3) is 1.75. The molecule has 1 aromatic carbocycles. The summed E-state index contributed by atoms with van der Waals surface area (Å²) < 4.78 is 0. The molecular weight excluding hydrogens is 226 g/mol. The van der Waals surface area contributed by atoms with Crippen LogP contribution in [0.2, 0.25) is 0 Å². The fourth-order valence-electron chi connectivity index (χ4n) is 2.42. The van der Waals surface area contributed by atoms with Crippen LogP contribution >= 0.6 is 0 Å². The van der Waals surface area contributed by atoms with Gasteiger partial charge in [0, 0.05) is 30.2 Å². The quantitative estimate of drug-likeness (QED) is 0.821. The van der Waals surface area contributed by atoms with Crippen molar-refractivity contribution in [3.8, 4) is 0 Å². The molecular formula is C14H15N3O. The summed E-state index contributed by atoms with van der Waals surface area (Å²) in [4.78, 5) is 18.4. The Hall–Kier alpha value is -1.94. The highest BCUT2D eigenvalue weighted by Crippen LogP contribution is 2.23. The second-order valence-corrected chi connectivity index (χ2v) is 5.20. The Morgan fingerprint density at radius 2 is 2.06 bits per heavy atom. The van der Waals surface area contributed by atoms with Gasteiger partial charge in [0.25, 0.3) is 5.91 Å². The fourth-order valence-corrected chi connectivity index (χ4v) is 2.42. The highest BCUT2D eigenvalue weighted by Gasteiger charge is 2.38. The van der Waals surface area contributed by atoms with Crippen LogP contribution in [0.3, 0.4) is 0 Å². The fraction of sp³-hybridized carbons (Fsp3) is 0.286. The average Bonchev–Trinajstić information content (AvgIpc) is 2.34. The second-order valence-electron chi connectivity index (χ2n) is 5.20. The van der Waals surface area contributed by atoms with Crippen molar-refractivity contribution in [3.63, 3.8) is 0 Å². The Morgan fingerprint density at radius 1 is 1.33 bits per heavy atom. The highest BCUT2D eigenvalue weighted by atomic mass is 16.2. The minimum atomic E-state index is -0.242. The van der Waals surface area contributed by atoms with Gasteiger partial charge < -0.3 is 10.6 Å². The standard InChI is InChI=1S/C14H15N3O/c1-14(15)8-17(9-14)13(18)11-6-2-4-10-5-3-7-16-12(10)11/h2-7H,8-9,15H2,1H3. The number of amides is 1. The zero-order valence-corrected chi connectivity index (χ0v) is 10.3. The van der Waals surface area contributed by atoms with Crippen molar-refractivity contribution in [2.75, 3.05) is 13.1 Å². The maximum absolute atomic E-state index is 12.4. The van der Waals surface area contributed by atoms with Crippen LogP contribution in [-0.2, 0) is 0 Å². The molecule has 1 fully saturated rings. The number of pyridine rings is 1. The summed E-state index contributed by atoms with van der Waals surface area (Å²) >= 11 is 0.